The minimum absolute atomic E-state index is 0.0722. The maximum Gasteiger partial charge on any atom is 0.337 e. The van der Waals surface area contributed by atoms with Crippen LogP contribution in [0.15, 0.2) is 29.8 Å². The minimum Gasteiger partial charge on any atom is -0.478 e. The molecule has 4 heteroatoms. The van der Waals surface area contributed by atoms with Crippen LogP contribution in [0.2, 0.25) is 0 Å². The first-order valence-electron chi connectivity index (χ1n) is 3.51. The van der Waals surface area contributed by atoms with Gasteiger partial charge in [-0.25, -0.2) is 9.79 Å². The Hall–Kier alpha value is -2.06. The molecular weight excluding hydrogens is 168 g/mol. The van der Waals surface area contributed by atoms with Crippen molar-refractivity contribution in [2.24, 2.45) is 4.99 Å². The molecule has 0 aliphatic carbocycles. The highest BCUT2D eigenvalue weighted by Crippen LogP contribution is 2.19. The van der Waals surface area contributed by atoms with Crippen molar-refractivity contribution in [3.8, 4) is 0 Å². The second-order valence-corrected chi connectivity index (χ2v) is 2.35. The van der Waals surface area contributed by atoms with Crippen LogP contribution in [-0.2, 0) is 0 Å². The summed E-state index contributed by atoms with van der Waals surface area (Å²) in [5.41, 5.74) is 6.26. The number of nitrogens with two attached hydrogens (primary N) is 1. The van der Waals surface area contributed by atoms with Gasteiger partial charge in [-0.3, -0.25) is 0 Å². The van der Waals surface area contributed by atoms with Gasteiger partial charge in [0.2, 0.25) is 0 Å². The van der Waals surface area contributed by atoms with Gasteiger partial charge in [0.1, 0.15) is 0 Å². The van der Waals surface area contributed by atoms with Crippen LogP contribution in [0.5, 0.6) is 0 Å². The zero-order chi connectivity index (χ0) is 9.84. The lowest BCUT2D eigenvalue weighted by Gasteiger charge is -1.99. The number of carboxylic acids is 1. The molecule has 0 unspecified atom stereocenters. The smallest absolute Gasteiger partial charge is 0.337 e. The van der Waals surface area contributed by atoms with Crippen LogP contribution in [0.1, 0.15) is 10.4 Å². The van der Waals surface area contributed by atoms with E-state index in [-0.39, 0.29) is 11.3 Å². The molecule has 3 N–H and O–H groups in total. The van der Waals surface area contributed by atoms with Gasteiger partial charge in [-0.1, -0.05) is 0 Å². The third-order valence-electron chi connectivity index (χ3n) is 1.47. The monoisotopic (exact) mass is 176 g/mol. The molecule has 13 heavy (non-hydrogen) atoms. The second kappa shape index (κ2) is 3.56. The normalized spacial score (nSPS) is 8.92. The SMILES string of the molecule is C=C=Nc1ccc(C(=O)O)c(N)c1. The van der Waals surface area contributed by atoms with Crippen LogP contribution in [0.4, 0.5) is 11.4 Å². The molecule has 0 fully saturated rings. The summed E-state index contributed by atoms with van der Waals surface area (Å²) >= 11 is 0. The van der Waals surface area contributed by atoms with E-state index in [9.17, 15) is 4.79 Å². The molecule has 0 aromatic heterocycles. The predicted octanol–water partition coefficient (Wildman–Crippen LogP) is 1.45. The zero-order valence-electron chi connectivity index (χ0n) is 6.82. The Morgan fingerprint density at radius 3 is 2.77 bits per heavy atom. The molecule has 0 spiro atoms. The summed E-state index contributed by atoms with van der Waals surface area (Å²) in [4.78, 5) is 14.3. The van der Waals surface area contributed by atoms with Crippen LogP contribution in [0, 0.1) is 0 Å². The van der Waals surface area contributed by atoms with Crippen LogP contribution >= 0.6 is 0 Å². The fraction of sp³-hybridized carbons (Fsp3) is 0. The van der Waals surface area contributed by atoms with Crippen molar-refractivity contribution < 1.29 is 9.90 Å². The van der Waals surface area contributed by atoms with Crippen molar-refractivity contribution in [3.63, 3.8) is 0 Å². The molecule has 1 aromatic rings. The highest BCUT2D eigenvalue weighted by molar-refractivity contribution is 5.94. The third kappa shape index (κ3) is 1.95. The molecule has 0 radical (unpaired) electrons. The molecule has 66 valence electrons. The number of hydrogen-bond acceptors (Lipinski definition) is 3. The molecule has 1 aromatic carbocycles. The summed E-state index contributed by atoms with van der Waals surface area (Å²) in [5.74, 6) is 1.28. The van der Waals surface area contributed by atoms with Crippen LogP contribution in [0.25, 0.3) is 0 Å². The molecule has 0 aliphatic heterocycles. The Morgan fingerprint density at radius 1 is 1.62 bits per heavy atom. The standard InChI is InChI=1S/C9H8N2O2/c1-2-11-6-3-4-7(9(12)13)8(10)5-6/h3-5H,1,10H2,(H,12,13). The minimum atomic E-state index is -1.05. The first kappa shape index (κ1) is 9.03. The van der Waals surface area contributed by atoms with Crippen molar-refractivity contribution in [1.82, 2.24) is 0 Å². The molecular formula is C9H8N2O2. The summed E-state index contributed by atoms with van der Waals surface area (Å²) in [6.07, 6.45) is 0. The number of benzene rings is 1. The second-order valence-electron chi connectivity index (χ2n) is 2.35. The van der Waals surface area contributed by atoms with Crippen molar-refractivity contribution in [2.45, 2.75) is 0 Å². The average Bonchev–Trinajstić information content (AvgIpc) is 2.04. The van der Waals surface area contributed by atoms with E-state index in [1.807, 2.05) is 0 Å². The fourth-order valence-corrected chi connectivity index (χ4v) is 0.906. The number of anilines is 1. The van der Waals surface area contributed by atoms with E-state index in [2.05, 4.69) is 17.4 Å². The number of carboxylic acid groups (broad SMARTS) is 1. The molecule has 0 saturated heterocycles. The molecule has 4 nitrogen and oxygen atoms in total. The highest BCUT2D eigenvalue weighted by atomic mass is 16.4. The van der Waals surface area contributed by atoms with Crippen molar-refractivity contribution in [1.29, 1.82) is 0 Å². The van der Waals surface area contributed by atoms with Crippen LogP contribution in [0.3, 0.4) is 0 Å². The van der Waals surface area contributed by atoms with Gasteiger partial charge < -0.3 is 10.8 Å². The Kier molecular flexibility index (Phi) is 2.47. The average molecular weight is 176 g/mol. The Labute approximate surface area is 75.0 Å². The lowest BCUT2D eigenvalue weighted by Crippen LogP contribution is -2.01. The Morgan fingerprint density at radius 2 is 2.31 bits per heavy atom. The highest BCUT2D eigenvalue weighted by Gasteiger charge is 2.06. The quantitative estimate of drug-likeness (QED) is 0.529. The molecule has 0 bridgehead atoms. The van der Waals surface area contributed by atoms with E-state index in [0.29, 0.717) is 5.69 Å². The van der Waals surface area contributed by atoms with Gasteiger partial charge in [0.05, 0.1) is 11.3 Å². The molecule has 0 aliphatic rings. The maximum absolute atomic E-state index is 10.6. The van der Waals surface area contributed by atoms with Gasteiger partial charge >= 0.3 is 5.97 Å². The van der Waals surface area contributed by atoms with Gasteiger partial charge in [-0.15, -0.1) is 0 Å². The van der Waals surface area contributed by atoms with Gasteiger partial charge in [-0.05, 0) is 30.6 Å². The fourth-order valence-electron chi connectivity index (χ4n) is 0.906. The van der Waals surface area contributed by atoms with Gasteiger partial charge in [0, 0.05) is 5.69 Å². The van der Waals surface area contributed by atoms with E-state index in [1.165, 1.54) is 18.2 Å². The molecule has 0 atom stereocenters. The van der Waals surface area contributed by atoms with Crippen LogP contribution in [-0.4, -0.2) is 16.9 Å². The number of rotatable bonds is 2. The maximum atomic E-state index is 10.6. The number of nitrogen functional groups attached to an aromatic ring is 1. The molecule has 0 heterocycles. The van der Waals surface area contributed by atoms with E-state index < -0.39 is 5.97 Å². The van der Waals surface area contributed by atoms with E-state index in [1.54, 1.807) is 0 Å². The number of aromatic carboxylic acids is 1. The van der Waals surface area contributed by atoms with E-state index >= 15 is 0 Å². The lowest BCUT2D eigenvalue weighted by atomic mass is 10.1. The number of hydrogen-bond donors (Lipinski definition) is 2. The third-order valence-corrected chi connectivity index (χ3v) is 1.47. The summed E-state index contributed by atoms with van der Waals surface area (Å²) in [6, 6.07) is 4.40. The lowest BCUT2D eigenvalue weighted by molar-refractivity contribution is 0.0698. The summed E-state index contributed by atoms with van der Waals surface area (Å²) in [7, 11) is 0. The van der Waals surface area contributed by atoms with Crippen molar-refractivity contribution in [3.05, 3.63) is 30.3 Å². The molecule has 0 amide bonds. The first-order valence-corrected chi connectivity index (χ1v) is 3.51. The number of aliphatic imine (C=N–C) groups is 1. The van der Waals surface area contributed by atoms with Crippen LogP contribution < -0.4 is 5.73 Å². The summed E-state index contributed by atoms with van der Waals surface area (Å²) in [5, 5.41) is 8.65. The van der Waals surface area contributed by atoms with E-state index in [4.69, 9.17) is 10.8 Å². The topological polar surface area (TPSA) is 75.7 Å². The summed E-state index contributed by atoms with van der Waals surface area (Å²) < 4.78 is 0. The Bertz CT molecular complexity index is 393. The predicted molar refractivity (Wildman–Crippen MR) is 50.5 cm³/mol. The Balaban J connectivity index is 3.19. The zero-order valence-corrected chi connectivity index (χ0v) is 6.82. The molecule has 0 saturated carbocycles. The van der Waals surface area contributed by atoms with Crippen molar-refractivity contribution >= 4 is 23.2 Å². The number of carbonyl (C=O) groups is 1. The largest absolute Gasteiger partial charge is 0.478 e. The van der Waals surface area contributed by atoms with E-state index in [0.717, 1.165) is 0 Å². The molecule has 1 rings (SSSR count). The van der Waals surface area contributed by atoms with Gasteiger partial charge in [0.25, 0.3) is 0 Å². The number of nitrogens with zero attached hydrogens (tertiary/aromatic N) is 1. The summed E-state index contributed by atoms with van der Waals surface area (Å²) in [6.45, 7) is 3.29. The van der Waals surface area contributed by atoms with Gasteiger partial charge in [0.15, 0.2) is 0 Å². The van der Waals surface area contributed by atoms with Gasteiger partial charge in [-0.2, -0.15) is 0 Å². The first-order chi connectivity index (χ1) is 6.15. The van der Waals surface area contributed by atoms with Crippen molar-refractivity contribution in [2.75, 3.05) is 5.73 Å².